The van der Waals surface area contributed by atoms with Crippen LogP contribution in [0.5, 0.6) is 0 Å². The van der Waals surface area contributed by atoms with E-state index in [0.717, 1.165) is 12.0 Å². The van der Waals surface area contributed by atoms with E-state index in [0.29, 0.717) is 0 Å². The molecule has 0 unspecified atom stereocenters. The third-order valence-electron chi connectivity index (χ3n) is 3.78. The third-order valence-corrected chi connectivity index (χ3v) is 3.78. The summed E-state index contributed by atoms with van der Waals surface area (Å²) in [6.07, 6.45) is 13.2. The number of nitrogens with one attached hydrogen (secondary N) is 1. The van der Waals surface area contributed by atoms with E-state index in [1.54, 1.807) is 0 Å². The maximum Gasteiger partial charge on any atom is 0.00671 e. The Hall–Kier alpha value is -0.0400. The fourth-order valence-corrected chi connectivity index (χ4v) is 2.85. The first-order valence-corrected chi connectivity index (χ1v) is 6.18. The maximum absolute atomic E-state index is 3.75. The second-order valence-corrected chi connectivity index (χ2v) is 4.89. The molecule has 0 radical (unpaired) electrons. The van der Waals surface area contributed by atoms with Gasteiger partial charge in [0.15, 0.2) is 0 Å². The second kappa shape index (κ2) is 4.99. The second-order valence-electron chi connectivity index (χ2n) is 4.89. The van der Waals surface area contributed by atoms with E-state index >= 15 is 0 Å². The van der Waals surface area contributed by atoms with Crippen LogP contribution in [0, 0.1) is 5.92 Å². The quantitative estimate of drug-likeness (QED) is 0.705. The summed E-state index contributed by atoms with van der Waals surface area (Å²) in [5.41, 5.74) is 0. The summed E-state index contributed by atoms with van der Waals surface area (Å²) >= 11 is 0. The highest BCUT2D eigenvalue weighted by molar-refractivity contribution is 4.76. The van der Waals surface area contributed by atoms with Crippen LogP contribution >= 0.6 is 0 Å². The van der Waals surface area contributed by atoms with Crippen molar-refractivity contribution in [2.24, 2.45) is 5.92 Å². The molecule has 1 nitrogen and oxygen atoms in total. The lowest BCUT2D eigenvalue weighted by Crippen LogP contribution is -2.32. The van der Waals surface area contributed by atoms with E-state index in [1.165, 1.54) is 64.3 Å². The van der Waals surface area contributed by atoms with Gasteiger partial charge in [0.25, 0.3) is 0 Å². The van der Waals surface area contributed by atoms with Crippen LogP contribution < -0.4 is 5.32 Å². The molecule has 13 heavy (non-hydrogen) atoms. The summed E-state index contributed by atoms with van der Waals surface area (Å²) in [5.74, 6) is 1.01. The average Bonchev–Trinajstić information content (AvgIpc) is 2.69. The highest BCUT2D eigenvalue weighted by Crippen LogP contribution is 2.24. The highest BCUT2D eigenvalue weighted by atomic mass is 14.9. The monoisotopic (exact) mass is 181 g/mol. The molecule has 0 aromatic carbocycles. The van der Waals surface area contributed by atoms with Crippen molar-refractivity contribution in [2.75, 3.05) is 6.54 Å². The molecule has 0 aromatic heterocycles. The van der Waals surface area contributed by atoms with Gasteiger partial charge >= 0.3 is 0 Å². The van der Waals surface area contributed by atoms with Crippen LogP contribution in [-0.4, -0.2) is 12.6 Å². The van der Waals surface area contributed by atoms with Gasteiger partial charge in [-0.3, -0.25) is 0 Å². The van der Waals surface area contributed by atoms with E-state index in [2.05, 4.69) is 5.32 Å². The molecule has 0 saturated heterocycles. The van der Waals surface area contributed by atoms with Crippen LogP contribution in [0.1, 0.15) is 57.8 Å². The molecule has 0 bridgehead atoms. The van der Waals surface area contributed by atoms with Crippen molar-refractivity contribution in [3.05, 3.63) is 0 Å². The Kier molecular flexibility index (Phi) is 3.65. The number of rotatable bonds is 3. The lowest BCUT2D eigenvalue weighted by atomic mass is 9.89. The average molecular weight is 181 g/mol. The van der Waals surface area contributed by atoms with E-state index in [-0.39, 0.29) is 0 Å². The Bertz CT molecular complexity index is 132. The van der Waals surface area contributed by atoms with Gasteiger partial charge in [-0.2, -0.15) is 0 Å². The minimum atomic E-state index is 0.877. The molecule has 1 heteroatoms. The van der Waals surface area contributed by atoms with E-state index < -0.39 is 0 Å². The molecule has 2 aliphatic carbocycles. The summed E-state index contributed by atoms with van der Waals surface area (Å²) in [7, 11) is 0. The predicted octanol–water partition coefficient (Wildman–Crippen LogP) is 3.10. The molecule has 2 fully saturated rings. The summed E-state index contributed by atoms with van der Waals surface area (Å²) < 4.78 is 0. The van der Waals surface area contributed by atoms with Gasteiger partial charge in [0.05, 0.1) is 0 Å². The molecule has 76 valence electrons. The highest BCUT2D eigenvalue weighted by Gasteiger charge is 2.17. The number of hydrogen-bond acceptors (Lipinski definition) is 1. The van der Waals surface area contributed by atoms with Gasteiger partial charge in [-0.05, 0) is 38.1 Å². The van der Waals surface area contributed by atoms with Gasteiger partial charge in [-0.1, -0.05) is 32.1 Å². The van der Waals surface area contributed by atoms with E-state index in [4.69, 9.17) is 0 Å². The Balaban J connectivity index is 1.60. The van der Waals surface area contributed by atoms with E-state index in [1.807, 2.05) is 0 Å². The first kappa shape index (κ1) is 9.51. The molecule has 2 rings (SSSR count). The molecule has 0 aliphatic heterocycles. The van der Waals surface area contributed by atoms with Crippen LogP contribution in [0.25, 0.3) is 0 Å². The molecule has 0 aromatic rings. The molecule has 1 N–H and O–H groups in total. The Morgan fingerprint density at radius 3 is 2.08 bits per heavy atom. The fraction of sp³-hybridized carbons (Fsp3) is 1.00. The Morgan fingerprint density at radius 1 is 0.769 bits per heavy atom. The maximum atomic E-state index is 3.75. The standard InChI is InChI=1S/C12H23N/c1-2-6-11(7-3-1)10-13-12-8-4-5-9-12/h11-13H,1-10H2. The Morgan fingerprint density at radius 2 is 1.38 bits per heavy atom. The molecule has 2 saturated carbocycles. The van der Waals surface area contributed by atoms with Crippen LogP contribution in [0.2, 0.25) is 0 Å². The zero-order valence-corrected chi connectivity index (χ0v) is 8.73. The van der Waals surface area contributed by atoms with Gasteiger partial charge in [0.2, 0.25) is 0 Å². The molecule has 0 amide bonds. The van der Waals surface area contributed by atoms with Gasteiger partial charge in [-0.15, -0.1) is 0 Å². The van der Waals surface area contributed by atoms with Crippen molar-refractivity contribution in [1.82, 2.24) is 5.32 Å². The molecule has 2 aliphatic rings. The van der Waals surface area contributed by atoms with Crippen molar-refractivity contribution >= 4 is 0 Å². The fourth-order valence-electron chi connectivity index (χ4n) is 2.85. The normalized spacial score (nSPS) is 26.8. The molecular formula is C12H23N. The lowest BCUT2D eigenvalue weighted by molar-refractivity contribution is 0.327. The minimum Gasteiger partial charge on any atom is -0.314 e. The van der Waals surface area contributed by atoms with Gasteiger partial charge < -0.3 is 5.32 Å². The largest absolute Gasteiger partial charge is 0.314 e. The molecular weight excluding hydrogens is 158 g/mol. The van der Waals surface area contributed by atoms with Gasteiger partial charge in [0.1, 0.15) is 0 Å². The number of hydrogen-bond donors (Lipinski definition) is 1. The summed E-state index contributed by atoms with van der Waals surface area (Å²) in [6.45, 7) is 1.31. The van der Waals surface area contributed by atoms with E-state index in [9.17, 15) is 0 Å². The minimum absolute atomic E-state index is 0.877. The summed E-state index contributed by atoms with van der Waals surface area (Å²) in [5, 5.41) is 3.75. The lowest BCUT2D eigenvalue weighted by Gasteiger charge is -2.23. The smallest absolute Gasteiger partial charge is 0.00671 e. The molecule has 0 spiro atoms. The van der Waals surface area contributed by atoms with Crippen LogP contribution in [0.15, 0.2) is 0 Å². The Labute approximate surface area is 82.3 Å². The third kappa shape index (κ3) is 2.98. The van der Waals surface area contributed by atoms with Crippen LogP contribution in [0.3, 0.4) is 0 Å². The molecule has 0 heterocycles. The van der Waals surface area contributed by atoms with Crippen molar-refractivity contribution in [1.29, 1.82) is 0 Å². The van der Waals surface area contributed by atoms with Crippen molar-refractivity contribution in [2.45, 2.75) is 63.8 Å². The first-order valence-electron chi connectivity index (χ1n) is 6.18. The van der Waals surface area contributed by atoms with Gasteiger partial charge in [-0.25, -0.2) is 0 Å². The predicted molar refractivity (Wildman–Crippen MR) is 56.8 cm³/mol. The van der Waals surface area contributed by atoms with Crippen molar-refractivity contribution in [3.63, 3.8) is 0 Å². The van der Waals surface area contributed by atoms with Crippen molar-refractivity contribution in [3.8, 4) is 0 Å². The first-order chi connectivity index (χ1) is 6.45. The van der Waals surface area contributed by atoms with Crippen LogP contribution in [-0.2, 0) is 0 Å². The van der Waals surface area contributed by atoms with Crippen molar-refractivity contribution < 1.29 is 0 Å². The topological polar surface area (TPSA) is 12.0 Å². The van der Waals surface area contributed by atoms with Gasteiger partial charge in [0, 0.05) is 6.04 Å². The summed E-state index contributed by atoms with van der Waals surface area (Å²) in [4.78, 5) is 0. The van der Waals surface area contributed by atoms with Crippen LogP contribution in [0.4, 0.5) is 0 Å². The molecule has 0 atom stereocenters. The SMILES string of the molecule is C1CCC(CNC2CCCC2)CC1. The summed E-state index contributed by atoms with van der Waals surface area (Å²) in [6, 6.07) is 0.877. The zero-order chi connectivity index (χ0) is 8.93. The zero-order valence-electron chi connectivity index (χ0n) is 8.73.